The summed E-state index contributed by atoms with van der Waals surface area (Å²) in [4.78, 5) is 11.3. The summed E-state index contributed by atoms with van der Waals surface area (Å²) < 4.78 is 0. The Labute approximate surface area is 105 Å². The number of hydrogen-bond acceptors (Lipinski definition) is 3. The molecule has 0 spiro atoms. The Morgan fingerprint density at radius 2 is 1.59 bits per heavy atom. The highest BCUT2D eigenvalue weighted by molar-refractivity contribution is 6.32. The van der Waals surface area contributed by atoms with Gasteiger partial charge in [0, 0.05) is 13.1 Å². The third-order valence-electron chi connectivity index (χ3n) is 3.17. The van der Waals surface area contributed by atoms with Crippen molar-refractivity contribution >= 4 is 28.5 Å². The summed E-state index contributed by atoms with van der Waals surface area (Å²) in [6.07, 6.45) is 3.73. The molecule has 17 heavy (non-hydrogen) atoms. The minimum atomic E-state index is 0.519. The van der Waals surface area contributed by atoms with Gasteiger partial charge in [0.25, 0.3) is 0 Å². The molecule has 0 radical (unpaired) electrons. The third-order valence-corrected chi connectivity index (χ3v) is 3.42. The van der Waals surface area contributed by atoms with E-state index in [1.54, 1.807) is 0 Å². The second-order valence-electron chi connectivity index (χ2n) is 4.37. The number of nitrogens with zero attached hydrogens (tertiary/aromatic N) is 3. The van der Waals surface area contributed by atoms with E-state index >= 15 is 0 Å². The Morgan fingerprint density at radius 3 is 2.29 bits per heavy atom. The van der Waals surface area contributed by atoms with Gasteiger partial charge in [-0.15, -0.1) is 0 Å². The minimum Gasteiger partial charge on any atom is -0.354 e. The molecule has 1 aliphatic rings. The van der Waals surface area contributed by atoms with Crippen LogP contribution in [0.5, 0.6) is 0 Å². The molecule has 3 rings (SSSR count). The normalized spacial score (nSPS) is 16.4. The van der Waals surface area contributed by atoms with E-state index in [1.165, 1.54) is 19.3 Å². The van der Waals surface area contributed by atoms with Crippen LogP contribution in [0.4, 0.5) is 5.82 Å². The average Bonchev–Trinajstić information content (AvgIpc) is 2.39. The SMILES string of the molecule is Clc1nc2ccccc2nc1N1CCCCC1. The van der Waals surface area contributed by atoms with Crippen molar-refractivity contribution in [2.24, 2.45) is 0 Å². The summed E-state index contributed by atoms with van der Waals surface area (Å²) in [5, 5.41) is 0.519. The van der Waals surface area contributed by atoms with E-state index < -0.39 is 0 Å². The summed E-state index contributed by atoms with van der Waals surface area (Å²) >= 11 is 6.22. The second kappa shape index (κ2) is 4.49. The Balaban J connectivity index is 2.06. The van der Waals surface area contributed by atoms with E-state index in [2.05, 4.69) is 14.9 Å². The zero-order valence-electron chi connectivity index (χ0n) is 9.56. The van der Waals surface area contributed by atoms with Gasteiger partial charge in [0.05, 0.1) is 11.0 Å². The van der Waals surface area contributed by atoms with Gasteiger partial charge < -0.3 is 4.90 Å². The van der Waals surface area contributed by atoms with Crippen LogP contribution < -0.4 is 4.90 Å². The van der Waals surface area contributed by atoms with E-state index in [4.69, 9.17) is 11.6 Å². The maximum Gasteiger partial charge on any atom is 0.172 e. The quantitative estimate of drug-likeness (QED) is 0.775. The van der Waals surface area contributed by atoms with E-state index in [0.717, 1.165) is 29.9 Å². The van der Waals surface area contributed by atoms with Crippen LogP contribution in [-0.4, -0.2) is 23.1 Å². The molecular formula is C13H14ClN3. The largest absolute Gasteiger partial charge is 0.354 e. The van der Waals surface area contributed by atoms with Crippen LogP contribution in [0.3, 0.4) is 0 Å². The Kier molecular flexibility index (Phi) is 2.85. The van der Waals surface area contributed by atoms with Gasteiger partial charge in [-0.2, -0.15) is 0 Å². The molecule has 0 aliphatic carbocycles. The Bertz CT molecular complexity index is 535. The van der Waals surface area contributed by atoms with Crippen LogP contribution in [0.1, 0.15) is 19.3 Å². The molecule has 0 amide bonds. The molecule has 88 valence electrons. The smallest absolute Gasteiger partial charge is 0.172 e. The lowest BCUT2D eigenvalue weighted by molar-refractivity contribution is 0.573. The molecule has 0 saturated carbocycles. The highest BCUT2D eigenvalue weighted by Crippen LogP contribution is 2.26. The zero-order chi connectivity index (χ0) is 11.7. The van der Waals surface area contributed by atoms with Crippen LogP contribution in [0.15, 0.2) is 24.3 Å². The molecule has 1 aliphatic heterocycles. The third kappa shape index (κ3) is 2.07. The summed E-state index contributed by atoms with van der Waals surface area (Å²) in [7, 11) is 0. The number of anilines is 1. The molecule has 3 nitrogen and oxygen atoms in total. The van der Waals surface area contributed by atoms with Gasteiger partial charge in [-0.1, -0.05) is 23.7 Å². The average molecular weight is 248 g/mol. The number of benzene rings is 1. The number of aromatic nitrogens is 2. The number of hydrogen-bond donors (Lipinski definition) is 0. The first-order chi connectivity index (χ1) is 8.34. The van der Waals surface area contributed by atoms with Gasteiger partial charge in [0.1, 0.15) is 0 Å². The minimum absolute atomic E-state index is 0.519. The van der Waals surface area contributed by atoms with Crippen LogP contribution in [-0.2, 0) is 0 Å². The molecule has 0 bridgehead atoms. The number of rotatable bonds is 1. The first-order valence-electron chi connectivity index (χ1n) is 6.02. The molecule has 2 aromatic rings. The van der Waals surface area contributed by atoms with E-state index in [0.29, 0.717) is 5.15 Å². The van der Waals surface area contributed by atoms with Gasteiger partial charge in [-0.05, 0) is 31.4 Å². The van der Waals surface area contributed by atoms with Crippen LogP contribution in [0.25, 0.3) is 11.0 Å². The first-order valence-corrected chi connectivity index (χ1v) is 6.39. The molecule has 1 aromatic heterocycles. The highest BCUT2D eigenvalue weighted by Gasteiger charge is 2.16. The van der Waals surface area contributed by atoms with Crippen molar-refractivity contribution in [3.05, 3.63) is 29.4 Å². The van der Waals surface area contributed by atoms with Gasteiger partial charge in [0.15, 0.2) is 11.0 Å². The standard InChI is InChI=1S/C13H14ClN3/c14-12-13(17-8-4-1-5-9-17)16-11-7-3-2-6-10(11)15-12/h2-3,6-7H,1,4-5,8-9H2. The van der Waals surface area contributed by atoms with Crippen molar-refractivity contribution in [1.29, 1.82) is 0 Å². The van der Waals surface area contributed by atoms with E-state index in [-0.39, 0.29) is 0 Å². The molecule has 1 saturated heterocycles. The zero-order valence-corrected chi connectivity index (χ0v) is 10.3. The molecule has 0 unspecified atom stereocenters. The first kappa shape index (κ1) is 10.8. The molecule has 1 aromatic carbocycles. The maximum atomic E-state index is 6.22. The van der Waals surface area contributed by atoms with Crippen molar-refractivity contribution in [2.45, 2.75) is 19.3 Å². The summed E-state index contributed by atoms with van der Waals surface area (Å²) in [5.41, 5.74) is 1.77. The number of halogens is 1. The number of para-hydroxylation sites is 2. The molecular weight excluding hydrogens is 234 g/mol. The lowest BCUT2D eigenvalue weighted by Gasteiger charge is -2.28. The monoisotopic (exact) mass is 247 g/mol. The van der Waals surface area contributed by atoms with Gasteiger partial charge >= 0.3 is 0 Å². The Hall–Kier alpha value is -1.35. The molecule has 4 heteroatoms. The van der Waals surface area contributed by atoms with Crippen molar-refractivity contribution in [3.8, 4) is 0 Å². The number of piperidine rings is 1. The maximum absolute atomic E-state index is 6.22. The topological polar surface area (TPSA) is 29.0 Å². The highest BCUT2D eigenvalue weighted by atomic mass is 35.5. The molecule has 0 atom stereocenters. The van der Waals surface area contributed by atoms with Crippen molar-refractivity contribution in [3.63, 3.8) is 0 Å². The predicted octanol–water partition coefficient (Wildman–Crippen LogP) is 3.27. The predicted molar refractivity (Wildman–Crippen MR) is 70.6 cm³/mol. The molecule has 0 N–H and O–H groups in total. The summed E-state index contributed by atoms with van der Waals surface area (Å²) in [5.74, 6) is 0.838. The van der Waals surface area contributed by atoms with E-state index in [1.807, 2.05) is 24.3 Å². The molecule has 2 heterocycles. The fourth-order valence-electron chi connectivity index (χ4n) is 2.28. The van der Waals surface area contributed by atoms with Crippen LogP contribution in [0.2, 0.25) is 5.15 Å². The lowest BCUT2D eigenvalue weighted by atomic mass is 10.1. The lowest BCUT2D eigenvalue weighted by Crippen LogP contribution is -2.30. The fraction of sp³-hybridized carbons (Fsp3) is 0.385. The molecule has 1 fully saturated rings. The van der Waals surface area contributed by atoms with Crippen molar-refractivity contribution in [1.82, 2.24) is 9.97 Å². The van der Waals surface area contributed by atoms with Crippen LogP contribution >= 0.6 is 11.6 Å². The van der Waals surface area contributed by atoms with Crippen LogP contribution in [0, 0.1) is 0 Å². The van der Waals surface area contributed by atoms with Gasteiger partial charge in [-0.25, -0.2) is 9.97 Å². The van der Waals surface area contributed by atoms with Crippen molar-refractivity contribution < 1.29 is 0 Å². The Morgan fingerprint density at radius 1 is 0.941 bits per heavy atom. The fourth-order valence-corrected chi connectivity index (χ4v) is 2.53. The van der Waals surface area contributed by atoms with Gasteiger partial charge in [0.2, 0.25) is 0 Å². The summed E-state index contributed by atoms with van der Waals surface area (Å²) in [6, 6.07) is 7.85. The number of fused-ring (bicyclic) bond motifs is 1. The van der Waals surface area contributed by atoms with E-state index in [9.17, 15) is 0 Å². The van der Waals surface area contributed by atoms with Gasteiger partial charge in [-0.3, -0.25) is 0 Å². The summed E-state index contributed by atoms with van der Waals surface area (Å²) in [6.45, 7) is 2.07. The second-order valence-corrected chi connectivity index (χ2v) is 4.73. The van der Waals surface area contributed by atoms with Crippen molar-refractivity contribution in [2.75, 3.05) is 18.0 Å².